The van der Waals surface area contributed by atoms with Gasteiger partial charge in [-0.1, -0.05) is 43.6 Å². The first kappa shape index (κ1) is 20.4. The number of nitrogens with zero attached hydrogens (tertiary/aromatic N) is 1. The van der Waals surface area contributed by atoms with E-state index in [1.807, 2.05) is 13.8 Å². The summed E-state index contributed by atoms with van der Waals surface area (Å²) in [5.74, 6) is -2.12. The minimum Gasteiger partial charge on any atom is -0.480 e. The fraction of sp³-hybridized carbons (Fsp3) is 0.333. The summed E-state index contributed by atoms with van der Waals surface area (Å²) in [6.45, 7) is 3.37. The van der Waals surface area contributed by atoms with Crippen molar-refractivity contribution < 1.29 is 19.5 Å². The van der Waals surface area contributed by atoms with Gasteiger partial charge in [-0.2, -0.15) is 5.10 Å². The molecule has 0 radical (unpaired) electrons. The molecule has 2 aromatic rings. The van der Waals surface area contributed by atoms with Gasteiger partial charge < -0.3 is 15.7 Å². The van der Waals surface area contributed by atoms with Crippen LogP contribution in [0.15, 0.2) is 30.3 Å². The van der Waals surface area contributed by atoms with Crippen LogP contribution in [0.2, 0.25) is 5.02 Å². The van der Waals surface area contributed by atoms with E-state index in [9.17, 15) is 14.4 Å². The molecule has 0 spiro atoms. The van der Waals surface area contributed by atoms with Crippen LogP contribution >= 0.6 is 11.6 Å². The lowest BCUT2D eigenvalue weighted by Crippen LogP contribution is -2.46. The Bertz CT molecular complexity index is 834. The fourth-order valence-electron chi connectivity index (χ4n) is 2.44. The second-order valence-corrected chi connectivity index (χ2v) is 6.82. The van der Waals surface area contributed by atoms with E-state index >= 15 is 0 Å². The van der Waals surface area contributed by atoms with Gasteiger partial charge in [0, 0.05) is 5.56 Å². The van der Waals surface area contributed by atoms with Crippen molar-refractivity contribution in [1.82, 2.24) is 20.8 Å². The summed E-state index contributed by atoms with van der Waals surface area (Å²) in [6.07, 6.45) is 0.302. The molecule has 0 saturated heterocycles. The van der Waals surface area contributed by atoms with E-state index in [0.29, 0.717) is 22.7 Å². The number of aromatic nitrogens is 2. The van der Waals surface area contributed by atoms with Gasteiger partial charge in [0.2, 0.25) is 5.91 Å². The zero-order valence-corrected chi connectivity index (χ0v) is 15.7. The van der Waals surface area contributed by atoms with Crippen LogP contribution in [0.5, 0.6) is 0 Å². The Hall–Kier alpha value is -2.87. The topological polar surface area (TPSA) is 124 Å². The molecule has 1 heterocycles. The Morgan fingerprint density at radius 3 is 2.59 bits per heavy atom. The normalized spacial score (nSPS) is 11.9. The number of benzene rings is 1. The Morgan fingerprint density at radius 1 is 1.26 bits per heavy atom. The zero-order valence-electron chi connectivity index (χ0n) is 15.0. The molecule has 8 nitrogen and oxygen atoms in total. The number of halogens is 1. The van der Waals surface area contributed by atoms with Gasteiger partial charge in [-0.15, -0.1) is 0 Å². The first-order valence-corrected chi connectivity index (χ1v) is 8.76. The number of H-pyrrole nitrogens is 1. The predicted molar refractivity (Wildman–Crippen MR) is 100 cm³/mol. The van der Waals surface area contributed by atoms with Crippen molar-refractivity contribution in [2.45, 2.75) is 26.3 Å². The van der Waals surface area contributed by atoms with Crippen LogP contribution in [0.1, 0.15) is 30.8 Å². The summed E-state index contributed by atoms with van der Waals surface area (Å²) in [7, 11) is 0. The van der Waals surface area contributed by atoms with Crippen molar-refractivity contribution in [3.05, 3.63) is 41.0 Å². The maximum atomic E-state index is 12.2. The molecule has 1 atom stereocenters. The molecule has 0 saturated carbocycles. The molecule has 4 N–H and O–H groups in total. The molecule has 0 unspecified atom stereocenters. The van der Waals surface area contributed by atoms with Crippen LogP contribution in [0.4, 0.5) is 0 Å². The first-order chi connectivity index (χ1) is 12.8. The third-order valence-corrected chi connectivity index (χ3v) is 4.05. The smallest absolute Gasteiger partial charge is 0.326 e. The first-order valence-electron chi connectivity index (χ1n) is 8.38. The number of amides is 2. The third kappa shape index (κ3) is 5.82. The number of carboxylic acids is 1. The molecule has 0 bridgehead atoms. The summed E-state index contributed by atoms with van der Waals surface area (Å²) < 4.78 is 0. The van der Waals surface area contributed by atoms with E-state index in [-0.39, 0.29) is 18.2 Å². The fourth-order valence-corrected chi connectivity index (χ4v) is 2.67. The molecule has 0 aliphatic rings. The minimum atomic E-state index is -1.11. The van der Waals surface area contributed by atoms with Crippen molar-refractivity contribution in [2.24, 2.45) is 5.92 Å². The highest BCUT2D eigenvalue weighted by Crippen LogP contribution is 2.26. The van der Waals surface area contributed by atoms with Gasteiger partial charge in [0.05, 0.1) is 17.3 Å². The average molecular weight is 393 g/mol. The van der Waals surface area contributed by atoms with E-state index in [1.165, 1.54) is 6.07 Å². The van der Waals surface area contributed by atoms with Gasteiger partial charge >= 0.3 is 5.97 Å². The summed E-state index contributed by atoms with van der Waals surface area (Å²) >= 11 is 6.10. The van der Waals surface area contributed by atoms with Gasteiger partial charge in [-0.25, -0.2) is 4.79 Å². The Kier molecular flexibility index (Phi) is 6.95. The van der Waals surface area contributed by atoms with Gasteiger partial charge in [0.1, 0.15) is 11.7 Å². The summed E-state index contributed by atoms with van der Waals surface area (Å²) in [4.78, 5) is 35.2. The van der Waals surface area contributed by atoms with Gasteiger partial charge in [0.15, 0.2) is 0 Å². The van der Waals surface area contributed by atoms with Gasteiger partial charge in [-0.3, -0.25) is 14.7 Å². The lowest BCUT2D eigenvalue weighted by molar-refractivity contribution is -0.142. The lowest BCUT2D eigenvalue weighted by Gasteiger charge is -2.16. The summed E-state index contributed by atoms with van der Waals surface area (Å²) in [5.41, 5.74) is 1.33. The minimum absolute atomic E-state index is 0.106. The number of carbonyl (C=O) groups is 3. The Labute approximate surface area is 161 Å². The third-order valence-electron chi connectivity index (χ3n) is 3.72. The van der Waals surface area contributed by atoms with Crippen molar-refractivity contribution in [3.8, 4) is 11.3 Å². The van der Waals surface area contributed by atoms with E-state index in [4.69, 9.17) is 16.7 Å². The number of hydrogen-bond donors (Lipinski definition) is 4. The Morgan fingerprint density at radius 2 is 1.96 bits per heavy atom. The molecular formula is C18H21ClN4O4. The maximum absolute atomic E-state index is 12.2. The Balaban J connectivity index is 1.93. The quantitative estimate of drug-likeness (QED) is 0.547. The second kappa shape index (κ2) is 9.18. The molecule has 0 aliphatic carbocycles. The van der Waals surface area contributed by atoms with Crippen molar-refractivity contribution >= 4 is 29.4 Å². The van der Waals surface area contributed by atoms with Crippen LogP contribution < -0.4 is 10.6 Å². The number of rotatable bonds is 8. The monoisotopic (exact) mass is 392 g/mol. The highest BCUT2D eigenvalue weighted by molar-refractivity contribution is 6.33. The van der Waals surface area contributed by atoms with Crippen LogP contribution in [-0.2, 0) is 9.59 Å². The number of nitrogens with one attached hydrogen (secondary N) is 3. The average Bonchev–Trinajstić information content (AvgIpc) is 3.09. The van der Waals surface area contributed by atoms with Crippen molar-refractivity contribution in [3.63, 3.8) is 0 Å². The van der Waals surface area contributed by atoms with E-state index in [0.717, 1.165) is 0 Å². The lowest BCUT2D eigenvalue weighted by atomic mass is 10.0. The standard InChI is InChI=1S/C18H21ClN4O4/c1-10(2)7-15(18(26)27)21-16(24)9-20-17(25)14-8-13(22-23-14)11-5-3-4-6-12(11)19/h3-6,8,10,15H,7,9H2,1-2H3,(H,20,25)(H,21,24)(H,22,23)(H,26,27)/t15-/m0/s1. The van der Waals surface area contributed by atoms with E-state index in [2.05, 4.69) is 20.8 Å². The number of aromatic amines is 1. The molecule has 9 heteroatoms. The summed E-state index contributed by atoms with van der Waals surface area (Å²) in [6, 6.07) is 7.60. The van der Waals surface area contributed by atoms with Crippen LogP contribution in [0.25, 0.3) is 11.3 Å². The molecule has 144 valence electrons. The number of hydrogen-bond acceptors (Lipinski definition) is 4. The summed E-state index contributed by atoms with van der Waals surface area (Å²) in [5, 5.41) is 21.1. The molecule has 0 fully saturated rings. The predicted octanol–water partition coefficient (Wildman–Crippen LogP) is 2.08. The maximum Gasteiger partial charge on any atom is 0.326 e. The van der Waals surface area contributed by atoms with Gasteiger partial charge in [0.25, 0.3) is 5.91 Å². The van der Waals surface area contributed by atoms with E-state index in [1.54, 1.807) is 24.3 Å². The molecule has 0 aliphatic heterocycles. The molecule has 27 heavy (non-hydrogen) atoms. The van der Waals surface area contributed by atoms with Crippen molar-refractivity contribution in [1.29, 1.82) is 0 Å². The molecule has 2 amide bonds. The van der Waals surface area contributed by atoms with Gasteiger partial charge in [-0.05, 0) is 24.5 Å². The van der Waals surface area contributed by atoms with Crippen molar-refractivity contribution in [2.75, 3.05) is 6.54 Å². The molecule has 1 aromatic carbocycles. The molecule has 2 rings (SSSR count). The largest absolute Gasteiger partial charge is 0.480 e. The highest BCUT2D eigenvalue weighted by atomic mass is 35.5. The number of aliphatic carboxylic acids is 1. The van der Waals surface area contributed by atoms with Crippen LogP contribution in [0.3, 0.4) is 0 Å². The molecular weight excluding hydrogens is 372 g/mol. The number of carbonyl (C=O) groups excluding carboxylic acids is 2. The van der Waals surface area contributed by atoms with E-state index < -0.39 is 23.8 Å². The SMILES string of the molecule is CC(C)C[C@H](NC(=O)CNC(=O)c1cc(-c2ccccc2Cl)n[nH]1)C(=O)O. The second-order valence-electron chi connectivity index (χ2n) is 6.42. The number of carboxylic acid groups (broad SMARTS) is 1. The zero-order chi connectivity index (χ0) is 20.0. The highest BCUT2D eigenvalue weighted by Gasteiger charge is 2.21. The van der Waals surface area contributed by atoms with Crippen LogP contribution in [-0.4, -0.2) is 45.7 Å². The van der Waals surface area contributed by atoms with Crippen LogP contribution in [0, 0.1) is 5.92 Å². The molecule has 1 aromatic heterocycles.